The molecule has 0 fully saturated rings. The van der Waals surface area contributed by atoms with Crippen LogP contribution in [0.25, 0.3) is 6.08 Å². The summed E-state index contributed by atoms with van der Waals surface area (Å²) in [5.74, 6) is -0.360. The molecule has 2 heterocycles. The van der Waals surface area contributed by atoms with Crippen LogP contribution in [0.4, 0.5) is 0 Å². The third-order valence-corrected chi connectivity index (χ3v) is 4.74. The summed E-state index contributed by atoms with van der Waals surface area (Å²) in [6.07, 6.45) is 3.04. The molecule has 1 aliphatic rings. The number of furan rings is 1. The molecule has 0 radical (unpaired) electrons. The van der Waals surface area contributed by atoms with Gasteiger partial charge < -0.3 is 14.1 Å². The molecule has 1 aromatic carbocycles. The zero-order valence-electron chi connectivity index (χ0n) is 14.1. The number of hydrogen-bond donors (Lipinski definition) is 0. The van der Waals surface area contributed by atoms with Crippen LogP contribution in [-0.2, 0) is 20.9 Å². The Kier molecular flexibility index (Phi) is 5.20. The number of benzene rings is 1. The van der Waals surface area contributed by atoms with Crippen LogP contribution >= 0.6 is 23.2 Å². The average molecular weight is 392 g/mol. The minimum absolute atomic E-state index is 0.177. The smallest absolute Gasteiger partial charge is 0.340 e. The Bertz CT molecular complexity index is 909. The van der Waals surface area contributed by atoms with E-state index in [1.54, 1.807) is 37.3 Å². The summed E-state index contributed by atoms with van der Waals surface area (Å²) in [6, 6.07) is 8.51. The predicted octanol–water partition coefficient (Wildman–Crippen LogP) is 4.46. The summed E-state index contributed by atoms with van der Waals surface area (Å²) in [7, 11) is 1.27. The number of hydrogen-bond acceptors (Lipinski definition) is 4. The quantitative estimate of drug-likeness (QED) is 0.570. The number of amides is 1. The van der Waals surface area contributed by atoms with Crippen LogP contribution in [0.2, 0.25) is 10.0 Å². The van der Waals surface area contributed by atoms with Crippen molar-refractivity contribution in [2.45, 2.75) is 13.5 Å². The Labute approximate surface area is 160 Å². The van der Waals surface area contributed by atoms with Crippen LogP contribution in [0, 0.1) is 0 Å². The van der Waals surface area contributed by atoms with E-state index in [2.05, 4.69) is 0 Å². The molecule has 134 valence electrons. The van der Waals surface area contributed by atoms with Crippen molar-refractivity contribution in [3.8, 4) is 0 Å². The zero-order valence-corrected chi connectivity index (χ0v) is 15.6. The maximum Gasteiger partial charge on any atom is 0.340 e. The first-order valence-corrected chi connectivity index (χ1v) is 8.49. The molecule has 5 nitrogen and oxygen atoms in total. The molecule has 26 heavy (non-hydrogen) atoms. The van der Waals surface area contributed by atoms with Crippen molar-refractivity contribution >= 4 is 41.2 Å². The second kappa shape index (κ2) is 7.40. The number of carbonyl (C=O) groups is 2. The summed E-state index contributed by atoms with van der Waals surface area (Å²) in [5.41, 5.74) is 1.30. The number of ether oxygens (including phenoxy) is 1. The fourth-order valence-corrected chi connectivity index (χ4v) is 3.28. The summed E-state index contributed by atoms with van der Waals surface area (Å²) in [4.78, 5) is 26.7. The highest BCUT2D eigenvalue weighted by Gasteiger charge is 2.37. The first-order chi connectivity index (χ1) is 12.4. The number of rotatable bonds is 4. The molecule has 0 bridgehead atoms. The second-order valence-corrected chi connectivity index (χ2v) is 6.43. The summed E-state index contributed by atoms with van der Waals surface area (Å²) < 4.78 is 10.2. The van der Waals surface area contributed by atoms with Gasteiger partial charge in [0.25, 0.3) is 5.91 Å². The van der Waals surface area contributed by atoms with Gasteiger partial charge in [-0.15, -0.1) is 0 Å². The topological polar surface area (TPSA) is 59.8 Å². The minimum atomic E-state index is -0.604. The lowest BCUT2D eigenvalue weighted by atomic mass is 10.0. The summed E-state index contributed by atoms with van der Waals surface area (Å²) in [5, 5.41) is 0.758. The number of methoxy groups -OCH3 is 1. The standard InChI is InChI=1S/C19H15Cl2NO4/c1-11-17(19(24)25-2)14(9-13-15(20)6-3-7-16(13)21)18(23)22(11)10-12-5-4-8-26-12/h3-9H,10H2,1-2H3/b14-9-. The van der Waals surface area contributed by atoms with Crippen LogP contribution in [0.3, 0.4) is 0 Å². The Hall–Kier alpha value is -2.50. The molecule has 0 aliphatic carbocycles. The lowest BCUT2D eigenvalue weighted by Crippen LogP contribution is -2.24. The molecule has 1 aliphatic heterocycles. The van der Waals surface area contributed by atoms with Gasteiger partial charge in [0.05, 0.1) is 31.1 Å². The maximum atomic E-state index is 13.0. The van der Waals surface area contributed by atoms with Crippen molar-refractivity contribution in [1.82, 2.24) is 4.90 Å². The van der Waals surface area contributed by atoms with Crippen molar-refractivity contribution in [2.75, 3.05) is 7.11 Å². The van der Waals surface area contributed by atoms with Crippen molar-refractivity contribution in [1.29, 1.82) is 0 Å². The number of carbonyl (C=O) groups excluding carboxylic acids is 2. The van der Waals surface area contributed by atoms with Gasteiger partial charge in [-0.2, -0.15) is 0 Å². The van der Waals surface area contributed by atoms with Crippen molar-refractivity contribution in [3.63, 3.8) is 0 Å². The van der Waals surface area contributed by atoms with Gasteiger partial charge in [-0.1, -0.05) is 29.3 Å². The number of allylic oxidation sites excluding steroid dienone is 1. The van der Waals surface area contributed by atoms with E-state index in [1.807, 2.05) is 0 Å². The maximum absolute atomic E-state index is 13.0. The molecule has 3 rings (SSSR count). The molecule has 0 saturated heterocycles. The molecule has 0 unspecified atom stereocenters. The highest BCUT2D eigenvalue weighted by molar-refractivity contribution is 6.37. The Morgan fingerprint density at radius 1 is 1.23 bits per heavy atom. The number of halogens is 2. The summed E-state index contributed by atoms with van der Waals surface area (Å²) in [6.45, 7) is 1.88. The van der Waals surface area contributed by atoms with Crippen LogP contribution in [0.15, 0.2) is 57.9 Å². The number of esters is 1. The molecule has 1 amide bonds. The Balaban J connectivity index is 2.10. The SMILES string of the molecule is COC(=O)C1=C(C)N(Cc2ccco2)C(=O)/C1=C\c1c(Cl)cccc1Cl. The fourth-order valence-electron chi connectivity index (χ4n) is 2.77. The lowest BCUT2D eigenvalue weighted by Gasteiger charge is -2.16. The van der Waals surface area contributed by atoms with Crippen LogP contribution < -0.4 is 0 Å². The monoisotopic (exact) mass is 391 g/mol. The normalized spacial score (nSPS) is 15.9. The zero-order chi connectivity index (χ0) is 18.8. The van der Waals surface area contributed by atoms with Crippen LogP contribution in [0.1, 0.15) is 18.2 Å². The van der Waals surface area contributed by atoms with Gasteiger partial charge in [-0.3, -0.25) is 4.79 Å². The molecular weight excluding hydrogens is 377 g/mol. The van der Waals surface area contributed by atoms with E-state index in [1.165, 1.54) is 24.3 Å². The molecular formula is C19H15Cl2NO4. The van der Waals surface area contributed by atoms with Gasteiger partial charge in [0.2, 0.25) is 0 Å². The highest BCUT2D eigenvalue weighted by atomic mass is 35.5. The van der Waals surface area contributed by atoms with E-state index in [4.69, 9.17) is 32.4 Å². The van der Waals surface area contributed by atoms with E-state index in [9.17, 15) is 9.59 Å². The van der Waals surface area contributed by atoms with Crippen LogP contribution in [0.5, 0.6) is 0 Å². The molecule has 0 N–H and O–H groups in total. The third kappa shape index (κ3) is 3.28. The highest BCUT2D eigenvalue weighted by Crippen LogP contribution is 2.35. The van der Waals surface area contributed by atoms with Gasteiger partial charge in [-0.25, -0.2) is 4.79 Å². The minimum Gasteiger partial charge on any atom is -0.467 e. The van der Waals surface area contributed by atoms with E-state index < -0.39 is 5.97 Å². The summed E-state index contributed by atoms with van der Waals surface area (Å²) >= 11 is 12.4. The second-order valence-electron chi connectivity index (χ2n) is 5.62. The molecule has 1 aromatic heterocycles. The van der Waals surface area contributed by atoms with E-state index >= 15 is 0 Å². The van der Waals surface area contributed by atoms with Gasteiger partial charge in [-0.05, 0) is 37.3 Å². The Morgan fingerprint density at radius 2 is 1.92 bits per heavy atom. The Morgan fingerprint density at radius 3 is 2.50 bits per heavy atom. The lowest BCUT2D eigenvalue weighted by molar-refractivity contribution is -0.136. The van der Waals surface area contributed by atoms with Crippen molar-refractivity contribution in [2.24, 2.45) is 0 Å². The molecule has 2 aromatic rings. The predicted molar refractivity (Wildman–Crippen MR) is 98.4 cm³/mol. The first-order valence-electron chi connectivity index (χ1n) is 7.73. The van der Waals surface area contributed by atoms with E-state index in [0.717, 1.165) is 0 Å². The van der Waals surface area contributed by atoms with Crippen LogP contribution in [-0.4, -0.2) is 23.9 Å². The fraction of sp³-hybridized carbons (Fsp3) is 0.158. The number of nitrogens with zero attached hydrogens (tertiary/aromatic N) is 1. The first kappa shape index (κ1) is 18.3. The van der Waals surface area contributed by atoms with E-state index in [-0.39, 0.29) is 23.6 Å². The van der Waals surface area contributed by atoms with Gasteiger partial charge >= 0.3 is 5.97 Å². The molecule has 0 spiro atoms. The third-order valence-electron chi connectivity index (χ3n) is 4.08. The molecule has 0 saturated carbocycles. The average Bonchev–Trinajstić information content (AvgIpc) is 3.20. The molecule has 7 heteroatoms. The van der Waals surface area contributed by atoms with Gasteiger partial charge in [0, 0.05) is 21.3 Å². The molecule has 0 atom stereocenters. The van der Waals surface area contributed by atoms with Crippen molar-refractivity contribution < 1.29 is 18.7 Å². The van der Waals surface area contributed by atoms with Gasteiger partial charge in [0.15, 0.2) is 0 Å². The van der Waals surface area contributed by atoms with E-state index in [0.29, 0.717) is 27.1 Å². The van der Waals surface area contributed by atoms with Crippen molar-refractivity contribution in [3.05, 3.63) is 74.8 Å². The largest absolute Gasteiger partial charge is 0.467 e. The van der Waals surface area contributed by atoms with Gasteiger partial charge in [0.1, 0.15) is 5.76 Å².